The van der Waals surface area contributed by atoms with E-state index in [4.69, 9.17) is 0 Å². The second-order valence-electron chi connectivity index (χ2n) is 4.19. The maximum Gasteiger partial charge on any atom is 0.120 e. The van der Waals surface area contributed by atoms with Gasteiger partial charge in [-0.3, -0.25) is 0 Å². The van der Waals surface area contributed by atoms with E-state index < -0.39 is 0 Å². The van der Waals surface area contributed by atoms with Gasteiger partial charge in [-0.2, -0.15) is 0 Å². The highest BCUT2D eigenvalue weighted by atomic mass is 16.4. The van der Waals surface area contributed by atoms with E-state index in [1.165, 1.54) is 25.9 Å². The third kappa shape index (κ3) is 2.51. The molecule has 0 amide bonds. The molecule has 1 aliphatic heterocycles. The summed E-state index contributed by atoms with van der Waals surface area (Å²) in [4.78, 5) is 10.1. The summed E-state index contributed by atoms with van der Waals surface area (Å²) in [7, 11) is 3.25. The van der Waals surface area contributed by atoms with Crippen molar-refractivity contribution in [3.63, 3.8) is 0 Å². The number of methoxy groups -OCH3 is 1. The summed E-state index contributed by atoms with van der Waals surface area (Å²) in [5.41, 5.74) is 0.647. The SMILES string of the molecule is COC.O=CCC1CC2(CNC2)C1. The molecule has 0 aromatic rings. The molecule has 0 atom stereocenters. The number of aldehydes is 1. The lowest BCUT2D eigenvalue weighted by Gasteiger charge is -2.54. The Bertz CT molecular complexity index is 158. The molecule has 3 nitrogen and oxygen atoms in total. The Labute approximate surface area is 79.8 Å². The first-order chi connectivity index (χ1) is 6.26. The predicted molar refractivity (Wildman–Crippen MR) is 51.6 cm³/mol. The van der Waals surface area contributed by atoms with Gasteiger partial charge in [-0.25, -0.2) is 0 Å². The standard InChI is InChI=1S/C8H13NO.C2H6O/c10-2-1-7-3-8(4-7)5-9-6-8;1-3-2/h2,7,9H,1,3-6H2;1-2H3. The van der Waals surface area contributed by atoms with E-state index in [2.05, 4.69) is 10.1 Å². The summed E-state index contributed by atoms with van der Waals surface area (Å²) in [6.45, 7) is 2.39. The number of carbonyl (C=O) groups excluding carboxylic acids is 1. The summed E-state index contributed by atoms with van der Waals surface area (Å²) in [5.74, 6) is 0.722. The molecule has 1 heterocycles. The van der Waals surface area contributed by atoms with E-state index in [9.17, 15) is 4.79 Å². The van der Waals surface area contributed by atoms with E-state index in [0.717, 1.165) is 18.6 Å². The molecule has 2 aliphatic rings. The van der Waals surface area contributed by atoms with Crippen LogP contribution in [0.15, 0.2) is 0 Å². The van der Waals surface area contributed by atoms with Gasteiger partial charge in [-0.1, -0.05) is 0 Å². The largest absolute Gasteiger partial charge is 0.388 e. The third-order valence-corrected chi connectivity index (χ3v) is 2.87. The molecule has 1 spiro atoms. The number of hydrogen-bond donors (Lipinski definition) is 1. The lowest BCUT2D eigenvalue weighted by molar-refractivity contribution is -0.111. The van der Waals surface area contributed by atoms with Crippen LogP contribution in [0.1, 0.15) is 19.3 Å². The Hall–Kier alpha value is -0.410. The van der Waals surface area contributed by atoms with Crippen LogP contribution in [-0.4, -0.2) is 33.6 Å². The van der Waals surface area contributed by atoms with Crippen LogP contribution in [0.5, 0.6) is 0 Å². The van der Waals surface area contributed by atoms with Gasteiger partial charge >= 0.3 is 0 Å². The van der Waals surface area contributed by atoms with Crippen molar-refractivity contribution < 1.29 is 9.53 Å². The van der Waals surface area contributed by atoms with Crippen LogP contribution in [0, 0.1) is 11.3 Å². The first-order valence-corrected chi connectivity index (χ1v) is 4.81. The van der Waals surface area contributed by atoms with E-state index in [1.54, 1.807) is 14.2 Å². The zero-order valence-corrected chi connectivity index (χ0v) is 8.51. The lowest BCUT2D eigenvalue weighted by atomic mass is 9.58. The fraction of sp³-hybridized carbons (Fsp3) is 0.900. The molecule has 1 saturated heterocycles. The van der Waals surface area contributed by atoms with Gasteiger partial charge in [0.15, 0.2) is 0 Å². The van der Waals surface area contributed by atoms with Crippen molar-refractivity contribution in [3.8, 4) is 0 Å². The van der Waals surface area contributed by atoms with Gasteiger partial charge in [-0.05, 0) is 24.2 Å². The van der Waals surface area contributed by atoms with Crippen molar-refractivity contribution in [2.75, 3.05) is 27.3 Å². The lowest BCUT2D eigenvalue weighted by Crippen LogP contribution is -2.60. The number of ether oxygens (including phenoxy) is 1. The Morgan fingerprint density at radius 2 is 2.00 bits per heavy atom. The molecule has 13 heavy (non-hydrogen) atoms. The molecule has 0 radical (unpaired) electrons. The fourth-order valence-corrected chi connectivity index (χ4v) is 2.23. The summed E-state index contributed by atoms with van der Waals surface area (Å²) in [6.07, 6.45) is 4.43. The summed E-state index contributed by atoms with van der Waals surface area (Å²) < 4.78 is 4.25. The van der Waals surface area contributed by atoms with Crippen LogP contribution >= 0.6 is 0 Å². The van der Waals surface area contributed by atoms with Gasteiger partial charge < -0.3 is 14.8 Å². The normalized spacial score (nSPS) is 23.8. The molecule has 0 aromatic carbocycles. The highest BCUT2D eigenvalue weighted by Gasteiger charge is 2.47. The smallest absolute Gasteiger partial charge is 0.120 e. The Morgan fingerprint density at radius 1 is 1.46 bits per heavy atom. The molecule has 0 bridgehead atoms. The molecule has 1 aliphatic carbocycles. The van der Waals surface area contributed by atoms with E-state index in [-0.39, 0.29) is 0 Å². The predicted octanol–water partition coefficient (Wildman–Crippen LogP) is 0.838. The van der Waals surface area contributed by atoms with Crippen LogP contribution in [0.25, 0.3) is 0 Å². The minimum atomic E-state index is 0.647. The van der Waals surface area contributed by atoms with Crippen molar-refractivity contribution in [2.24, 2.45) is 11.3 Å². The van der Waals surface area contributed by atoms with Crippen molar-refractivity contribution in [1.82, 2.24) is 5.32 Å². The van der Waals surface area contributed by atoms with Crippen LogP contribution in [0.2, 0.25) is 0 Å². The van der Waals surface area contributed by atoms with Crippen molar-refractivity contribution in [2.45, 2.75) is 19.3 Å². The quantitative estimate of drug-likeness (QED) is 0.648. The highest BCUT2D eigenvalue weighted by Crippen LogP contribution is 2.49. The Morgan fingerprint density at radius 3 is 2.31 bits per heavy atom. The molecular weight excluding hydrogens is 166 g/mol. The van der Waals surface area contributed by atoms with E-state index in [0.29, 0.717) is 5.41 Å². The average molecular weight is 185 g/mol. The van der Waals surface area contributed by atoms with Gasteiger partial charge in [0.05, 0.1) is 0 Å². The maximum absolute atomic E-state index is 10.1. The van der Waals surface area contributed by atoms with Crippen molar-refractivity contribution >= 4 is 6.29 Å². The molecule has 2 fully saturated rings. The summed E-state index contributed by atoms with van der Waals surface area (Å²) >= 11 is 0. The van der Waals surface area contributed by atoms with Crippen LogP contribution < -0.4 is 5.32 Å². The summed E-state index contributed by atoms with van der Waals surface area (Å²) in [5, 5.41) is 3.28. The first kappa shape index (κ1) is 10.7. The van der Waals surface area contributed by atoms with Crippen molar-refractivity contribution in [3.05, 3.63) is 0 Å². The molecule has 0 unspecified atom stereocenters. The minimum Gasteiger partial charge on any atom is -0.388 e. The summed E-state index contributed by atoms with van der Waals surface area (Å²) in [6, 6.07) is 0. The zero-order valence-electron chi connectivity index (χ0n) is 8.51. The van der Waals surface area contributed by atoms with Crippen molar-refractivity contribution in [1.29, 1.82) is 0 Å². The fourth-order valence-electron chi connectivity index (χ4n) is 2.23. The maximum atomic E-state index is 10.1. The Balaban J connectivity index is 0.000000251. The van der Waals surface area contributed by atoms with Crippen LogP contribution in [-0.2, 0) is 9.53 Å². The van der Waals surface area contributed by atoms with Gasteiger partial charge in [-0.15, -0.1) is 0 Å². The van der Waals surface area contributed by atoms with E-state index in [1.807, 2.05) is 0 Å². The number of rotatable bonds is 2. The average Bonchev–Trinajstić information content (AvgIpc) is 1.93. The van der Waals surface area contributed by atoms with Crippen LogP contribution in [0.4, 0.5) is 0 Å². The highest BCUT2D eigenvalue weighted by molar-refractivity contribution is 5.50. The number of carbonyl (C=O) groups is 1. The number of nitrogens with one attached hydrogen (secondary N) is 1. The molecule has 3 heteroatoms. The monoisotopic (exact) mass is 185 g/mol. The third-order valence-electron chi connectivity index (χ3n) is 2.87. The van der Waals surface area contributed by atoms with E-state index >= 15 is 0 Å². The molecular formula is C10H19NO2. The second kappa shape index (κ2) is 4.72. The van der Waals surface area contributed by atoms with Gasteiger partial charge in [0.2, 0.25) is 0 Å². The first-order valence-electron chi connectivity index (χ1n) is 4.81. The minimum absolute atomic E-state index is 0.647. The Kier molecular flexibility index (Phi) is 3.88. The van der Waals surface area contributed by atoms with Gasteiger partial charge in [0, 0.05) is 33.7 Å². The molecule has 1 N–H and O–H groups in total. The topological polar surface area (TPSA) is 38.3 Å². The molecule has 76 valence electrons. The molecule has 0 aromatic heterocycles. The molecule has 1 saturated carbocycles. The zero-order chi connectivity index (χ0) is 9.73. The van der Waals surface area contributed by atoms with Gasteiger partial charge in [0.25, 0.3) is 0 Å². The van der Waals surface area contributed by atoms with Gasteiger partial charge in [0.1, 0.15) is 6.29 Å². The van der Waals surface area contributed by atoms with Crippen LogP contribution in [0.3, 0.4) is 0 Å². The number of hydrogen-bond acceptors (Lipinski definition) is 3. The second-order valence-corrected chi connectivity index (χ2v) is 4.19. The molecule has 2 rings (SSSR count).